The highest BCUT2D eigenvalue weighted by molar-refractivity contribution is 6.22. The lowest BCUT2D eigenvalue weighted by Gasteiger charge is -2.37. The Labute approximate surface area is 231 Å². The third-order valence-electron chi connectivity index (χ3n) is 8.78. The van der Waals surface area contributed by atoms with Crippen LogP contribution in [0.15, 0.2) is 91.0 Å². The molecule has 6 unspecified atom stereocenters. The summed E-state index contributed by atoms with van der Waals surface area (Å²) in [6, 6.07) is 22.7. The van der Waals surface area contributed by atoms with Gasteiger partial charge in [0.2, 0.25) is 11.8 Å². The van der Waals surface area contributed by atoms with Crippen molar-refractivity contribution in [3.05, 3.63) is 108 Å². The van der Waals surface area contributed by atoms with Crippen molar-refractivity contribution in [1.29, 1.82) is 0 Å². The largest absolute Gasteiger partial charge is 0.489 e. The molecular weight excluding hydrogens is 506 g/mol. The number of esters is 1. The molecular formula is C33H27NO6. The van der Waals surface area contributed by atoms with Crippen molar-refractivity contribution in [3.8, 4) is 5.75 Å². The summed E-state index contributed by atoms with van der Waals surface area (Å²) in [5.41, 5.74) is 2.14. The second kappa shape index (κ2) is 9.59. The van der Waals surface area contributed by atoms with Crippen molar-refractivity contribution in [3.63, 3.8) is 0 Å². The normalized spacial score (nSPS) is 27.2. The minimum Gasteiger partial charge on any atom is -0.489 e. The lowest BCUT2D eigenvalue weighted by molar-refractivity contribution is -0.124. The van der Waals surface area contributed by atoms with Gasteiger partial charge in [-0.05, 0) is 84.2 Å². The first-order valence-electron chi connectivity index (χ1n) is 13.6. The highest BCUT2D eigenvalue weighted by atomic mass is 16.5. The summed E-state index contributed by atoms with van der Waals surface area (Å²) in [4.78, 5) is 53.1. The number of rotatable bonds is 8. The van der Waals surface area contributed by atoms with E-state index in [4.69, 9.17) is 9.47 Å². The average Bonchev–Trinajstić information content (AvgIpc) is 3.78. The summed E-state index contributed by atoms with van der Waals surface area (Å²) in [5.74, 6) is 0.212. The molecule has 0 radical (unpaired) electrons. The van der Waals surface area contributed by atoms with Crippen molar-refractivity contribution in [2.24, 2.45) is 35.5 Å². The van der Waals surface area contributed by atoms with Crippen LogP contribution >= 0.6 is 0 Å². The van der Waals surface area contributed by atoms with Crippen molar-refractivity contribution in [2.45, 2.75) is 13.0 Å². The molecule has 7 heteroatoms. The zero-order chi connectivity index (χ0) is 27.4. The van der Waals surface area contributed by atoms with E-state index in [1.54, 1.807) is 36.4 Å². The topological polar surface area (TPSA) is 90.0 Å². The maximum atomic E-state index is 13.3. The zero-order valence-electron chi connectivity index (χ0n) is 21.6. The number of imide groups is 1. The first-order chi connectivity index (χ1) is 19.5. The first kappa shape index (κ1) is 24.5. The standard InChI is InChI=1S/C33H27NO6/c35-28(20-8-12-23(13-9-20)39-17-19-4-2-1-3-5-19)18-40-33(38)21-6-10-22(11-7-21)34-31(36)29-24-14-15-25(27-16-26(24)27)30(29)32(34)37/h1-15,24-27,29-30H,16-18H2. The monoisotopic (exact) mass is 533 g/mol. The molecule has 3 aromatic carbocycles. The van der Waals surface area contributed by atoms with Gasteiger partial charge in [0.15, 0.2) is 12.4 Å². The third-order valence-corrected chi connectivity index (χ3v) is 8.78. The molecule has 40 heavy (non-hydrogen) atoms. The minimum atomic E-state index is -0.655. The van der Waals surface area contributed by atoms with Gasteiger partial charge in [-0.25, -0.2) is 4.79 Å². The third kappa shape index (κ3) is 4.13. The van der Waals surface area contributed by atoms with Crippen LogP contribution in [0.25, 0.3) is 0 Å². The van der Waals surface area contributed by atoms with Gasteiger partial charge in [0.1, 0.15) is 12.4 Å². The molecule has 0 aromatic heterocycles. The molecule has 3 fully saturated rings. The van der Waals surface area contributed by atoms with Crippen molar-refractivity contribution < 1.29 is 28.7 Å². The molecule has 7 nitrogen and oxygen atoms in total. The molecule has 0 spiro atoms. The molecule has 5 aliphatic rings. The molecule has 6 atom stereocenters. The van der Waals surface area contributed by atoms with Crippen LogP contribution in [0.2, 0.25) is 0 Å². The van der Waals surface area contributed by atoms with Gasteiger partial charge in [-0.2, -0.15) is 0 Å². The van der Waals surface area contributed by atoms with E-state index in [0.29, 0.717) is 35.4 Å². The number of anilines is 1. The van der Waals surface area contributed by atoms with Crippen molar-refractivity contribution in [2.75, 3.05) is 11.5 Å². The quantitative estimate of drug-likeness (QED) is 0.178. The van der Waals surface area contributed by atoms with Crippen LogP contribution in [0.4, 0.5) is 5.69 Å². The Hall–Kier alpha value is -4.52. The number of nitrogens with zero attached hydrogens (tertiary/aromatic N) is 1. The second-order valence-corrected chi connectivity index (χ2v) is 11.0. The number of carbonyl (C=O) groups is 4. The van der Waals surface area contributed by atoms with Gasteiger partial charge in [-0.1, -0.05) is 42.5 Å². The molecule has 1 saturated heterocycles. The predicted molar refractivity (Wildman–Crippen MR) is 145 cm³/mol. The van der Waals surface area contributed by atoms with E-state index < -0.39 is 12.6 Å². The number of hydrogen-bond donors (Lipinski definition) is 0. The number of hydrogen-bond acceptors (Lipinski definition) is 6. The maximum absolute atomic E-state index is 13.3. The Morgan fingerprint density at radius 1 is 0.750 bits per heavy atom. The number of amides is 2. The number of Topliss-reactive ketones (excluding diaryl/α,β-unsaturated/α-hetero) is 1. The van der Waals surface area contributed by atoms with E-state index in [-0.39, 0.29) is 46.8 Å². The van der Waals surface area contributed by atoms with E-state index in [2.05, 4.69) is 12.2 Å². The summed E-state index contributed by atoms with van der Waals surface area (Å²) >= 11 is 0. The van der Waals surface area contributed by atoms with E-state index >= 15 is 0 Å². The van der Waals surface area contributed by atoms with Gasteiger partial charge < -0.3 is 9.47 Å². The fraction of sp³-hybridized carbons (Fsp3) is 0.273. The fourth-order valence-electron chi connectivity index (χ4n) is 6.73. The van der Waals surface area contributed by atoms with E-state index in [0.717, 1.165) is 12.0 Å². The van der Waals surface area contributed by atoms with Gasteiger partial charge in [-0.3, -0.25) is 19.3 Å². The SMILES string of the molecule is O=C(COC(=O)c1ccc(N2C(=O)C3C4C=CC(C5CC45)C3C2=O)cc1)c1ccc(OCc2ccccc2)cc1. The van der Waals surface area contributed by atoms with Crippen LogP contribution in [0.3, 0.4) is 0 Å². The lowest BCUT2D eigenvalue weighted by Crippen LogP contribution is -2.40. The van der Waals surface area contributed by atoms with Gasteiger partial charge in [0.05, 0.1) is 23.1 Å². The van der Waals surface area contributed by atoms with E-state index in [1.165, 1.54) is 17.0 Å². The van der Waals surface area contributed by atoms with Crippen LogP contribution in [-0.4, -0.2) is 30.2 Å². The second-order valence-electron chi connectivity index (χ2n) is 11.0. The maximum Gasteiger partial charge on any atom is 0.338 e. The fourth-order valence-corrected chi connectivity index (χ4v) is 6.73. The van der Waals surface area contributed by atoms with Crippen LogP contribution in [0.1, 0.15) is 32.7 Å². The highest BCUT2D eigenvalue weighted by Gasteiger charge is 2.67. The zero-order valence-corrected chi connectivity index (χ0v) is 21.6. The van der Waals surface area contributed by atoms with E-state index in [9.17, 15) is 19.2 Å². The number of allylic oxidation sites excluding steroid dienone is 2. The Morgan fingerprint density at radius 3 is 1.98 bits per heavy atom. The molecule has 2 amide bonds. The molecule has 2 bridgehead atoms. The predicted octanol–water partition coefficient (Wildman–Crippen LogP) is 4.86. The molecule has 0 N–H and O–H groups in total. The Kier molecular flexibility index (Phi) is 5.88. The molecule has 1 heterocycles. The summed E-state index contributed by atoms with van der Waals surface area (Å²) in [6.07, 6.45) is 5.40. The number of ether oxygens (including phenoxy) is 2. The van der Waals surface area contributed by atoms with Crippen LogP contribution in [0.5, 0.6) is 5.75 Å². The molecule has 1 aliphatic heterocycles. The number of carbonyl (C=O) groups excluding carboxylic acids is 4. The molecule has 200 valence electrons. The summed E-state index contributed by atoms with van der Waals surface area (Å²) in [6.45, 7) is 0.0142. The Morgan fingerprint density at radius 2 is 1.35 bits per heavy atom. The van der Waals surface area contributed by atoms with Gasteiger partial charge in [-0.15, -0.1) is 0 Å². The summed E-state index contributed by atoms with van der Waals surface area (Å²) in [5, 5.41) is 0. The minimum absolute atomic E-state index is 0.142. The van der Waals surface area contributed by atoms with Crippen LogP contribution in [0, 0.1) is 35.5 Å². The van der Waals surface area contributed by atoms with Gasteiger partial charge in [0, 0.05) is 5.56 Å². The summed E-state index contributed by atoms with van der Waals surface area (Å²) < 4.78 is 11.0. The van der Waals surface area contributed by atoms with Gasteiger partial charge in [0.25, 0.3) is 0 Å². The van der Waals surface area contributed by atoms with Crippen LogP contribution in [-0.2, 0) is 20.9 Å². The first-order valence-corrected chi connectivity index (χ1v) is 13.6. The number of ketones is 1. The average molecular weight is 534 g/mol. The number of benzene rings is 3. The lowest BCUT2D eigenvalue weighted by atomic mass is 9.63. The van der Waals surface area contributed by atoms with E-state index in [1.807, 2.05) is 30.3 Å². The molecule has 4 aliphatic carbocycles. The smallest absolute Gasteiger partial charge is 0.338 e. The summed E-state index contributed by atoms with van der Waals surface area (Å²) in [7, 11) is 0. The molecule has 3 aromatic rings. The molecule has 2 saturated carbocycles. The molecule has 8 rings (SSSR count). The van der Waals surface area contributed by atoms with Crippen molar-refractivity contribution in [1.82, 2.24) is 0 Å². The Balaban J connectivity index is 0.946. The highest BCUT2D eigenvalue weighted by Crippen LogP contribution is 2.65. The van der Waals surface area contributed by atoms with Crippen molar-refractivity contribution >= 4 is 29.3 Å². The van der Waals surface area contributed by atoms with Gasteiger partial charge >= 0.3 is 5.97 Å². The van der Waals surface area contributed by atoms with Crippen LogP contribution < -0.4 is 9.64 Å². The Bertz CT molecular complexity index is 1490.